The minimum absolute atomic E-state index is 0.120. The normalized spacial score (nSPS) is 26.9. The molecule has 0 amide bonds. The lowest BCUT2D eigenvalue weighted by atomic mass is 9.75. The first-order valence-corrected chi connectivity index (χ1v) is 5.95. The highest BCUT2D eigenvalue weighted by Gasteiger charge is 2.47. The maximum absolute atomic E-state index is 10.5. The van der Waals surface area contributed by atoms with Crippen LogP contribution in [0.1, 0.15) is 18.5 Å². The quantitative estimate of drug-likeness (QED) is 0.884. The third-order valence-corrected chi connectivity index (χ3v) is 3.49. The molecule has 0 bridgehead atoms. The molecule has 94 valence electrons. The molecule has 0 atom stereocenters. The van der Waals surface area contributed by atoms with Crippen molar-refractivity contribution in [2.75, 3.05) is 7.11 Å². The number of nitrogens with zero attached hydrogens (tertiary/aromatic N) is 3. The molecule has 0 spiro atoms. The highest BCUT2D eigenvalue weighted by Crippen LogP contribution is 2.42. The summed E-state index contributed by atoms with van der Waals surface area (Å²) in [6.45, 7) is 0. The average molecular weight is 245 g/mol. The van der Waals surface area contributed by atoms with Crippen LogP contribution in [0.3, 0.4) is 0 Å². The summed E-state index contributed by atoms with van der Waals surface area (Å²) < 4.78 is 6.90. The number of hydrogen-bond acceptors (Lipinski definition) is 4. The zero-order valence-electron chi connectivity index (χ0n) is 10.2. The minimum atomic E-state index is -0.875. The van der Waals surface area contributed by atoms with Gasteiger partial charge in [0.15, 0.2) is 0 Å². The van der Waals surface area contributed by atoms with E-state index in [0.717, 1.165) is 11.4 Å². The second-order valence-electron chi connectivity index (χ2n) is 4.66. The van der Waals surface area contributed by atoms with Crippen molar-refractivity contribution in [1.82, 2.24) is 15.0 Å². The monoisotopic (exact) mass is 245 g/mol. The van der Waals surface area contributed by atoms with E-state index >= 15 is 0 Å². The van der Waals surface area contributed by atoms with Gasteiger partial charge in [0.05, 0.1) is 23.7 Å². The van der Waals surface area contributed by atoms with E-state index in [-0.39, 0.29) is 6.10 Å². The van der Waals surface area contributed by atoms with Crippen molar-refractivity contribution in [1.29, 1.82) is 0 Å². The first-order valence-electron chi connectivity index (χ1n) is 5.95. The molecular weight excluding hydrogens is 230 g/mol. The number of benzene rings is 1. The Bertz CT molecular complexity index is 532. The van der Waals surface area contributed by atoms with E-state index in [2.05, 4.69) is 10.3 Å². The molecule has 5 heteroatoms. The van der Waals surface area contributed by atoms with Gasteiger partial charge in [-0.3, -0.25) is 0 Å². The maximum atomic E-state index is 10.5. The molecule has 0 saturated heterocycles. The van der Waals surface area contributed by atoms with Crippen LogP contribution in [0.2, 0.25) is 0 Å². The number of ether oxygens (including phenoxy) is 1. The zero-order valence-corrected chi connectivity index (χ0v) is 10.2. The fourth-order valence-corrected chi connectivity index (χ4v) is 2.38. The van der Waals surface area contributed by atoms with Crippen LogP contribution in [0.5, 0.6) is 0 Å². The summed E-state index contributed by atoms with van der Waals surface area (Å²) in [6.07, 6.45) is 2.92. The molecule has 2 aromatic rings. The molecule has 18 heavy (non-hydrogen) atoms. The lowest BCUT2D eigenvalue weighted by Gasteiger charge is -2.42. The number of aromatic nitrogens is 3. The van der Waals surface area contributed by atoms with Crippen molar-refractivity contribution in [3.8, 4) is 5.69 Å². The van der Waals surface area contributed by atoms with E-state index in [1.165, 1.54) is 0 Å². The van der Waals surface area contributed by atoms with E-state index in [1.54, 1.807) is 18.0 Å². The average Bonchev–Trinajstić information content (AvgIpc) is 2.85. The molecule has 1 aliphatic carbocycles. The Balaban J connectivity index is 1.94. The smallest absolute Gasteiger partial charge is 0.113 e. The lowest BCUT2D eigenvalue weighted by Crippen LogP contribution is -2.46. The van der Waals surface area contributed by atoms with Gasteiger partial charge in [-0.15, -0.1) is 5.10 Å². The molecule has 0 aliphatic heterocycles. The van der Waals surface area contributed by atoms with Crippen molar-refractivity contribution in [3.05, 3.63) is 42.2 Å². The van der Waals surface area contributed by atoms with Crippen LogP contribution < -0.4 is 0 Å². The minimum Gasteiger partial charge on any atom is -0.383 e. The Kier molecular flexibility index (Phi) is 2.65. The van der Waals surface area contributed by atoms with Crippen LogP contribution in [-0.4, -0.2) is 33.3 Å². The summed E-state index contributed by atoms with van der Waals surface area (Å²) in [5.41, 5.74) is 0.751. The van der Waals surface area contributed by atoms with Gasteiger partial charge < -0.3 is 9.84 Å². The Labute approximate surface area is 105 Å². The van der Waals surface area contributed by atoms with Crippen molar-refractivity contribution in [3.63, 3.8) is 0 Å². The number of hydrogen-bond donors (Lipinski definition) is 1. The second kappa shape index (κ2) is 4.19. The number of aliphatic hydroxyl groups is 1. The summed E-state index contributed by atoms with van der Waals surface area (Å²) in [4.78, 5) is 0. The van der Waals surface area contributed by atoms with Crippen molar-refractivity contribution < 1.29 is 9.84 Å². The lowest BCUT2D eigenvalue weighted by molar-refractivity contribution is -0.136. The maximum Gasteiger partial charge on any atom is 0.113 e. The predicted octanol–water partition coefficient (Wildman–Crippen LogP) is 1.26. The van der Waals surface area contributed by atoms with Gasteiger partial charge in [0.1, 0.15) is 5.60 Å². The molecular formula is C13H15N3O2. The van der Waals surface area contributed by atoms with Crippen molar-refractivity contribution in [2.24, 2.45) is 0 Å². The third-order valence-electron chi connectivity index (χ3n) is 3.49. The summed E-state index contributed by atoms with van der Waals surface area (Å²) in [5.74, 6) is 0. The second-order valence-corrected chi connectivity index (χ2v) is 4.66. The van der Waals surface area contributed by atoms with Gasteiger partial charge in [-0.2, -0.15) is 0 Å². The molecule has 1 aromatic carbocycles. The summed E-state index contributed by atoms with van der Waals surface area (Å²) in [5, 5.41) is 18.5. The molecule has 1 heterocycles. The van der Waals surface area contributed by atoms with Gasteiger partial charge in [0.2, 0.25) is 0 Å². The zero-order chi connectivity index (χ0) is 12.6. The highest BCUT2D eigenvalue weighted by atomic mass is 16.5. The molecule has 1 fully saturated rings. The fourth-order valence-electron chi connectivity index (χ4n) is 2.38. The standard InChI is InChI=1S/C13H15N3O2/c1-18-11-7-13(17,8-11)12-9-14-15-16(12)10-5-3-2-4-6-10/h2-6,9,11,17H,7-8H2,1H3. The summed E-state index contributed by atoms with van der Waals surface area (Å²) >= 11 is 0. The molecule has 1 aromatic heterocycles. The van der Waals surface area contributed by atoms with E-state index in [4.69, 9.17) is 4.74 Å². The Morgan fingerprint density at radius 3 is 2.72 bits per heavy atom. The first kappa shape index (κ1) is 11.4. The van der Waals surface area contributed by atoms with Gasteiger partial charge in [0.25, 0.3) is 0 Å². The summed E-state index contributed by atoms with van der Waals surface area (Å²) in [6, 6.07) is 9.69. The van der Waals surface area contributed by atoms with Gasteiger partial charge in [-0.1, -0.05) is 23.4 Å². The van der Waals surface area contributed by atoms with Gasteiger partial charge >= 0.3 is 0 Å². The molecule has 3 rings (SSSR count). The van der Waals surface area contributed by atoms with Crippen LogP contribution in [0.4, 0.5) is 0 Å². The molecule has 0 radical (unpaired) electrons. The van der Waals surface area contributed by atoms with Gasteiger partial charge in [0, 0.05) is 20.0 Å². The topological polar surface area (TPSA) is 60.2 Å². The van der Waals surface area contributed by atoms with Crippen molar-refractivity contribution >= 4 is 0 Å². The van der Waals surface area contributed by atoms with E-state index in [0.29, 0.717) is 12.8 Å². The Hall–Kier alpha value is -1.72. The van der Waals surface area contributed by atoms with E-state index in [9.17, 15) is 5.11 Å². The van der Waals surface area contributed by atoms with E-state index in [1.807, 2.05) is 30.3 Å². The Morgan fingerprint density at radius 1 is 1.33 bits per heavy atom. The molecule has 1 N–H and O–H groups in total. The number of methoxy groups -OCH3 is 1. The Morgan fingerprint density at radius 2 is 2.06 bits per heavy atom. The molecule has 5 nitrogen and oxygen atoms in total. The fraction of sp³-hybridized carbons (Fsp3) is 0.385. The van der Waals surface area contributed by atoms with Crippen LogP contribution in [0, 0.1) is 0 Å². The van der Waals surface area contributed by atoms with Crippen LogP contribution >= 0.6 is 0 Å². The van der Waals surface area contributed by atoms with Crippen molar-refractivity contribution in [2.45, 2.75) is 24.5 Å². The third kappa shape index (κ3) is 1.72. The van der Waals surface area contributed by atoms with Crippen LogP contribution in [0.25, 0.3) is 5.69 Å². The largest absolute Gasteiger partial charge is 0.383 e. The highest BCUT2D eigenvalue weighted by molar-refractivity contribution is 5.33. The van der Waals surface area contributed by atoms with E-state index < -0.39 is 5.60 Å². The van der Waals surface area contributed by atoms with Crippen LogP contribution in [-0.2, 0) is 10.3 Å². The van der Waals surface area contributed by atoms with Crippen LogP contribution in [0.15, 0.2) is 36.5 Å². The first-order chi connectivity index (χ1) is 8.73. The molecule has 1 saturated carbocycles. The molecule has 1 aliphatic rings. The number of para-hydroxylation sites is 1. The van der Waals surface area contributed by atoms with Gasteiger partial charge in [-0.25, -0.2) is 4.68 Å². The SMILES string of the molecule is COC1CC(O)(c2cnnn2-c2ccccc2)C1. The predicted molar refractivity (Wildman–Crippen MR) is 65.3 cm³/mol. The summed E-state index contributed by atoms with van der Waals surface area (Å²) in [7, 11) is 1.66. The van der Waals surface area contributed by atoms with Gasteiger partial charge in [-0.05, 0) is 12.1 Å². The molecule has 0 unspecified atom stereocenters. The number of rotatable bonds is 3.